The lowest BCUT2D eigenvalue weighted by atomic mass is 9.91. The van der Waals surface area contributed by atoms with Crippen LogP contribution >= 0.6 is 0 Å². The maximum atomic E-state index is 13.6. The average molecular weight is 494 g/mol. The predicted molar refractivity (Wildman–Crippen MR) is 151 cm³/mol. The Kier molecular flexibility index (Phi) is 6.46. The van der Waals surface area contributed by atoms with Crippen molar-refractivity contribution in [3.05, 3.63) is 106 Å². The molecule has 188 valence electrons. The highest BCUT2D eigenvalue weighted by Gasteiger charge is 2.28. The molecule has 37 heavy (non-hydrogen) atoms. The largest absolute Gasteiger partial charge is 0.398 e. The van der Waals surface area contributed by atoms with Gasteiger partial charge in [0.15, 0.2) is 0 Å². The number of allylic oxidation sites excluding steroid dienone is 3. The number of benzene rings is 3. The Labute approximate surface area is 217 Å². The number of hydrogen-bond acceptors (Lipinski definition) is 3. The number of nitrogens with two attached hydrogens (primary N) is 1. The van der Waals surface area contributed by atoms with Gasteiger partial charge >= 0.3 is 0 Å². The van der Waals surface area contributed by atoms with Crippen LogP contribution in [-0.2, 0) is 17.6 Å². The van der Waals surface area contributed by atoms with Crippen LogP contribution in [0.4, 0.5) is 10.1 Å². The van der Waals surface area contributed by atoms with E-state index in [4.69, 9.17) is 5.73 Å². The van der Waals surface area contributed by atoms with Gasteiger partial charge in [-0.05, 0) is 96.3 Å². The van der Waals surface area contributed by atoms with E-state index in [1.54, 1.807) is 19.2 Å². The predicted octanol–water partition coefficient (Wildman–Crippen LogP) is 6.48. The van der Waals surface area contributed by atoms with Gasteiger partial charge in [0.2, 0.25) is 0 Å². The number of anilines is 1. The lowest BCUT2D eigenvalue weighted by Crippen LogP contribution is -2.19. The summed E-state index contributed by atoms with van der Waals surface area (Å²) in [6.07, 6.45) is 3.62. The first-order valence-corrected chi connectivity index (χ1v) is 12.7. The van der Waals surface area contributed by atoms with Crippen molar-refractivity contribution >= 4 is 28.4 Å². The fourth-order valence-electron chi connectivity index (χ4n) is 5.27. The van der Waals surface area contributed by atoms with Gasteiger partial charge in [-0.2, -0.15) is 0 Å². The summed E-state index contributed by atoms with van der Waals surface area (Å²) in [7, 11) is 1.63. The Bertz CT molecular complexity index is 1500. The molecular weight excluding hydrogens is 461 g/mol. The topological polar surface area (TPSA) is 67.1 Å². The Morgan fingerprint density at radius 3 is 2.38 bits per heavy atom. The van der Waals surface area contributed by atoms with Crippen molar-refractivity contribution < 1.29 is 9.18 Å². The number of fused-ring (bicyclic) bond motifs is 1. The highest BCUT2D eigenvalue weighted by Crippen LogP contribution is 2.43. The first-order chi connectivity index (χ1) is 17.8. The van der Waals surface area contributed by atoms with Crippen LogP contribution in [0.2, 0.25) is 0 Å². The van der Waals surface area contributed by atoms with E-state index in [0.29, 0.717) is 17.7 Å². The van der Waals surface area contributed by atoms with Crippen molar-refractivity contribution in [3.63, 3.8) is 0 Å². The molecule has 0 saturated carbocycles. The fraction of sp³-hybridized carbons (Fsp3) is 0.219. The van der Waals surface area contributed by atoms with Crippen LogP contribution < -0.4 is 16.4 Å². The molecule has 3 aromatic carbocycles. The number of nitrogens with one attached hydrogen (secondary N) is 2. The van der Waals surface area contributed by atoms with Crippen LogP contribution in [0.25, 0.3) is 28.0 Å². The van der Waals surface area contributed by atoms with Crippen molar-refractivity contribution in [1.82, 2.24) is 10.6 Å². The zero-order valence-corrected chi connectivity index (χ0v) is 21.6. The molecule has 0 unspecified atom stereocenters. The standard InChI is InChI=1S/C32H32FN3O/c1-5-20-7-8-22(14-25(20)19(3)36-30-13-6-18(30)2)26-17-28-23(16-29(26)34)15-27(31(28)32(37)35-4)21-9-11-24(33)12-10-21/h7-12,14,16-17,36H,3,5-6,13,15,34H2,1-2,4H3,(H,35,37). The van der Waals surface area contributed by atoms with E-state index >= 15 is 0 Å². The molecule has 2 aliphatic rings. The molecule has 4 N–H and O–H groups in total. The Balaban J connectivity index is 1.60. The molecule has 5 heteroatoms. The van der Waals surface area contributed by atoms with Gasteiger partial charge in [-0.1, -0.05) is 43.3 Å². The third-order valence-electron chi connectivity index (χ3n) is 7.55. The minimum absolute atomic E-state index is 0.169. The van der Waals surface area contributed by atoms with Crippen LogP contribution in [-0.4, -0.2) is 13.0 Å². The second kappa shape index (κ2) is 9.74. The molecule has 0 fully saturated rings. The third-order valence-corrected chi connectivity index (χ3v) is 7.55. The van der Waals surface area contributed by atoms with Crippen LogP contribution in [0.15, 0.2) is 72.4 Å². The van der Waals surface area contributed by atoms with Gasteiger partial charge in [-0.15, -0.1) is 0 Å². The minimum atomic E-state index is -0.306. The minimum Gasteiger partial charge on any atom is -0.398 e. The lowest BCUT2D eigenvalue weighted by molar-refractivity contribution is -0.115. The molecule has 0 spiro atoms. The first-order valence-electron chi connectivity index (χ1n) is 12.7. The molecule has 0 bridgehead atoms. The number of amides is 1. The van der Waals surface area contributed by atoms with E-state index in [1.165, 1.54) is 29.0 Å². The fourth-order valence-corrected chi connectivity index (χ4v) is 5.27. The summed E-state index contributed by atoms with van der Waals surface area (Å²) in [6, 6.07) is 16.6. The van der Waals surface area contributed by atoms with Crippen molar-refractivity contribution in [3.8, 4) is 11.1 Å². The smallest absolute Gasteiger partial charge is 0.251 e. The maximum Gasteiger partial charge on any atom is 0.251 e. The van der Waals surface area contributed by atoms with Crippen molar-refractivity contribution in [1.29, 1.82) is 0 Å². The Hall–Kier alpha value is -4.12. The molecule has 1 amide bonds. The van der Waals surface area contributed by atoms with Crippen molar-refractivity contribution in [2.45, 2.75) is 39.5 Å². The number of likely N-dealkylation sites (N-methyl/N-ethyl adjacent to an activating group) is 1. The molecule has 0 heterocycles. The molecule has 0 aliphatic heterocycles. The third kappa shape index (κ3) is 4.46. The number of carbonyl (C=O) groups excluding carboxylic acids is 1. The van der Waals surface area contributed by atoms with Gasteiger partial charge < -0.3 is 16.4 Å². The van der Waals surface area contributed by atoms with Crippen LogP contribution in [0, 0.1) is 5.82 Å². The van der Waals surface area contributed by atoms with Gasteiger partial charge in [0.05, 0.1) is 5.57 Å². The van der Waals surface area contributed by atoms with Crippen molar-refractivity contribution in [2.24, 2.45) is 0 Å². The van der Waals surface area contributed by atoms with Crippen LogP contribution in [0.1, 0.15) is 54.5 Å². The number of nitrogen functional groups attached to an aromatic ring is 1. The monoisotopic (exact) mass is 493 g/mol. The number of rotatable bonds is 7. The Morgan fingerprint density at radius 1 is 1.03 bits per heavy atom. The molecular formula is C32H32FN3O. The summed E-state index contributed by atoms with van der Waals surface area (Å²) in [4.78, 5) is 13.1. The number of aryl methyl sites for hydroxylation is 1. The second-order valence-electron chi connectivity index (χ2n) is 9.80. The quantitative estimate of drug-likeness (QED) is 0.330. The zero-order valence-electron chi connectivity index (χ0n) is 21.6. The number of halogens is 1. The summed E-state index contributed by atoms with van der Waals surface area (Å²) in [6.45, 7) is 8.63. The normalized spacial score (nSPS) is 14.4. The SMILES string of the molecule is C=C(NC1=C(C)CC1)c1cc(-c2cc3c(cc2N)CC(c2ccc(F)cc2)=C3C(=O)NC)ccc1CC. The molecule has 0 aromatic heterocycles. The van der Waals surface area contributed by atoms with Crippen LogP contribution in [0.3, 0.4) is 0 Å². The average Bonchev–Trinajstić information content (AvgIpc) is 3.27. The first kappa shape index (κ1) is 24.6. The van der Waals surface area contributed by atoms with E-state index in [1.807, 2.05) is 12.1 Å². The summed E-state index contributed by atoms with van der Waals surface area (Å²) in [5, 5.41) is 6.29. The van der Waals surface area contributed by atoms with E-state index in [-0.39, 0.29) is 11.7 Å². The molecule has 3 aromatic rings. The summed E-state index contributed by atoms with van der Waals surface area (Å²) < 4.78 is 13.6. The Morgan fingerprint density at radius 2 is 1.76 bits per heavy atom. The maximum absolute atomic E-state index is 13.6. The van der Waals surface area contributed by atoms with Gasteiger partial charge in [0.25, 0.3) is 5.91 Å². The molecule has 5 rings (SSSR count). The molecule has 0 atom stereocenters. The number of hydrogen-bond donors (Lipinski definition) is 3. The van der Waals surface area contributed by atoms with Crippen LogP contribution in [0.5, 0.6) is 0 Å². The lowest BCUT2D eigenvalue weighted by Gasteiger charge is -2.25. The van der Waals surface area contributed by atoms with Gasteiger partial charge in [-0.25, -0.2) is 4.39 Å². The summed E-state index contributed by atoms with van der Waals surface area (Å²) in [5.41, 5.74) is 19.0. The highest BCUT2D eigenvalue weighted by molar-refractivity contribution is 6.29. The van der Waals surface area contributed by atoms with E-state index in [2.05, 4.69) is 49.3 Å². The van der Waals surface area contributed by atoms with E-state index < -0.39 is 0 Å². The molecule has 4 nitrogen and oxygen atoms in total. The van der Waals surface area contributed by atoms with Crippen molar-refractivity contribution in [2.75, 3.05) is 12.8 Å². The van der Waals surface area contributed by atoms with Gasteiger partial charge in [0, 0.05) is 35.3 Å². The van der Waals surface area contributed by atoms with E-state index in [0.717, 1.165) is 63.9 Å². The molecule has 0 radical (unpaired) electrons. The molecule has 0 saturated heterocycles. The zero-order chi connectivity index (χ0) is 26.3. The van der Waals surface area contributed by atoms with E-state index in [9.17, 15) is 9.18 Å². The van der Waals surface area contributed by atoms with Gasteiger partial charge in [0.1, 0.15) is 5.82 Å². The molecule has 2 aliphatic carbocycles. The summed E-state index contributed by atoms with van der Waals surface area (Å²) >= 11 is 0. The number of carbonyl (C=O) groups is 1. The van der Waals surface area contributed by atoms with Gasteiger partial charge in [-0.3, -0.25) is 4.79 Å². The second-order valence-corrected chi connectivity index (χ2v) is 9.80. The summed E-state index contributed by atoms with van der Waals surface area (Å²) in [5.74, 6) is -0.475. The highest BCUT2D eigenvalue weighted by atomic mass is 19.1.